The first-order chi connectivity index (χ1) is 7.02. The normalized spacial score (nSPS) is 10.2. The van der Waals surface area contributed by atoms with Crippen molar-refractivity contribution in [1.82, 2.24) is 0 Å². The minimum Gasteiger partial charge on any atom is -0.465 e. The van der Waals surface area contributed by atoms with Gasteiger partial charge in [0.1, 0.15) is 11.4 Å². The average molecular weight is 391 g/mol. The van der Waals surface area contributed by atoms with Crippen molar-refractivity contribution in [3.8, 4) is 0 Å². The van der Waals surface area contributed by atoms with Crippen molar-refractivity contribution in [2.45, 2.75) is 5.33 Å². The Bertz CT molecular complexity index is 410. The van der Waals surface area contributed by atoms with E-state index in [1.54, 1.807) is 22.6 Å². The fraction of sp³-hybridized carbons (Fsp3) is 0.222. The van der Waals surface area contributed by atoms with E-state index < -0.39 is 17.6 Å². The number of ether oxygens (including phenoxy) is 1. The lowest BCUT2D eigenvalue weighted by atomic mass is 10.1. The van der Waals surface area contributed by atoms with Crippen LogP contribution in [-0.4, -0.2) is 13.1 Å². The lowest BCUT2D eigenvalue weighted by Gasteiger charge is -2.09. The Balaban J connectivity index is 3.50. The molecule has 0 radical (unpaired) electrons. The summed E-state index contributed by atoms with van der Waals surface area (Å²) in [7, 11) is 1.12. The van der Waals surface area contributed by atoms with Crippen molar-refractivity contribution >= 4 is 44.5 Å². The Morgan fingerprint density at radius 3 is 2.67 bits per heavy atom. The molecule has 0 aliphatic rings. The van der Waals surface area contributed by atoms with Crippen LogP contribution >= 0.6 is 38.5 Å². The first kappa shape index (κ1) is 12.8. The number of benzene rings is 1. The first-order valence-electron chi connectivity index (χ1n) is 3.83. The first-order valence-corrected chi connectivity index (χ1v) is 6.03. The van der Waals surface area contributed by atoms with Gasteiger partial charge in [0.25, 0.3) is 0 Å². The molecule has 15 heavy (non-hydrogen) atoms. The maximum atomic E-state index is 13.6. The van der Waals surface area contributed by atoms with Crippen LogP contribution in [0.5, 0.6) is 0 Å². The van der Waals surface area contributed by atoms with Crippen LogP contribution < -0.4 is 0 Å². The Kier molecular flexibility index (Phi) is 4.45. The van der Waals surface area contributed by atoms with Crippen LogP contribution in [-0.2, 0) is 10.1 Å². The van der Waals surface area contributed by atoms with Gasteiger partial charge in [-0.15, -0.1) is 0 Å². The van der Waals surface area contributed by atoms with Crippen molar-refractivity contribution in [2.24, 2.45) is 0 Å². The molecule has 0 N–H and O–H groups in total. The van der Waals surface area contributed by atoms with Gasteiger partial charge in [0.05, 0.1) is 10.7 Å². The lowest BCUT2D eigenvalue weighted by Crippen LogP contribution is -2.11. The second-order valence-electron chi connectivity index (χ2n) is 2.63. The Labute approximate surface area is 107 Å². The number of hydrogen-bond donors (Lipinski definition) is 0. The molecule has 0 saturated carbocycles. The molecule has 0 fully saturated rings. The molecule has 1 rings (SSSR count). The van der Waals surface area contributed by atoms with E-state index in [2.05, 4.69) is 20.7 Å². The minimum atomic E-state index is -0.876. The number of halogens is 4. The summed E-state index contributed by atoms with van der Waals surface area (Å²) < 4.78 is 31.4. The van der Waals surface area contributed by atoms with Gasteiger partial charge in [-0.2, -0.15) is 0 Å². The van der Waals surface area contributed by atoms with Crippen molar-refractivity contribution in [3.05, 3.63) is 32.4 Å². The van der Waals surface area contributed by atoms with Gasteiger partial charge in [0.15, 0.2) is 5.82 Å². The predicted octanol–water partition coefficient (Wildman–Crippen LogP) is 3.25. The molecule has 82 valence electrons. The highest BCUT2D eigenvalue weighted by Gasteiger charge is 2.22. The highest BCUT2D eigenvalue weighted by Crippen LogP contribution is 2.25. The summed E-state index contributed by atoms with van der Waals surface area (Å²) in [6, 6.07) is 1.04. The molecular weight excluding hydrogens is 385 g/mol. The molecule has 0 heterocycles. The number of esters is 1. The van der Waals surface area contributed by atoms with E-state index in [9.17, 15) is 13.6 Å². The summed E-state index contributed by atoms with van der Waals surface area (Å²) in [4.78, 5) is 11.3. The van der Waals surface area contributed by atoms with Crippen molar-refractivity contribution < 1.29 is 18.3 Å². The predicted molar refractivity (Wildman–Crippen MR) is 63.0 cm³/mol. The van der Waals surface area contributed by atoms with Crippen LogP contribution in [0.2, 0.25) is 0 Å². The quantitative estimate of drug-likeness (QED) is 0.335. The standard InChI is InChI=1S/C9H6BrF2IO2/c1-15-9(14)7-4(3-10)5(11)2-6(13)8(7)12/h2H,3H2,1H3. The number of hydrogen-bond acceptors (Lipinski definition) is 2. The van der Waals surface area contributed by atoms with Gasteiger partial charge in [-0.25, -0.2) is 13.6 Å². The van der Waals surface area contributed by atoms with E-state index in [0.29, 0.717) is 0 Å². The van der Waals surface area contributed by atoms with Crippen LogP contribution in [0.4, 0.5) is 8.78 Å². The molecule has 1 aromatic rings. The van der Waals surface area contributed by atoms with E-state index in [4.69, 9.17) is 0 Å². The summed E-state index contributed by atoms with van der Waals surface area (Å²) in [6.07, 6.45) is 0. The largest absolute Gasteiger partial charge is 0.465 e. The van der Waals surface area contributed by atoms with Crippen molar-refractivity contribution in [2.75, 3.05) is 7.11 Å². The molecule has 0 aliphatic heterocycles. The van der Waals surface area contributed by atoms with Crippen molar-refractivity contribution in [1.29, 1.82) is 0 Å². The molecule has 2 nitrogen and oxygen atoms in total. The number of rotatable bonds is 2. The zero-order valence-electron chi connectivity index (χ0n) is 7.61. The number of carbonyl (C=O) groups excluding carboxylic acids is 1. The van der Waals surface area contributed by atoms with Gasteiger partial charge in [0, 0.05) is 10.9 Å². The van der Waals surface area contributed by atoms with Crippen LogP contribution in [0.25, 0.3) is 0 Å². The lowest BCUT2D eigenvalue weighted by molar-refractivity contribution is 0.0593. The third-order valence-electron chi connectivity index (χ3n) is 1.80. The SMILES string of the molecule is COC(=O)c1c(F)c(I)cc(F)c1CBr. The van der Waals surface area contributed by atoms with E-state index in [1.807, 2.05) is 0 Å². The second-order valence-corrected chi connectivity index (χ2v) is 4.36. The molecule has 0 aromatic heterocycles. The number of alkyl halides is 1. The fourth-order valence-electron chi connectivity index (χ4n) is 1.08. The Morgan fingerprint density at radius 2 is 2.20 bits per heavy atom. The van der Waals surface area contributed by atoms with E-state index in [-0.39, 0.29) is 20.0 Å². The number of methoxy groups -OCH3 is 1. The maximum absolute atomic E-state index is 13.6. The fourth-order valence-corrected chi connectivity index (χ4v) is 2.17. The maximum Gasteiger partial charge on any atom is 0.341 e. The third kappa shape index (κ3) is 2.47. The summed E-state index contributed by atoms with van der Waals surface area (Å²) >= 11 is 4.62. The zero-order valence-corrected chi connectivity index (χ0v) is 11.4. The molecule has 0 aliphatic carbocycles. The van der Waals surface area contributed by atoms with Gasteiger partial charge in [-0.3, -0.25) is 0 Å². The average Bonchev–Trinajstić information content (AvgIpc) is 2.21. The van der Waals surface area contributed by atoms with Crippen LogP contribution in [0, 0.1) is 15.2 Å². The molecule has 0 spiro atoms. The van der Waals surface area contributed by atoms with Gasteiger partial charge >= 0.3 is 5.97 Å². The monoisotopic (exact) mass is 390 g/mol. The Hall–Kier alpha value is -0.240. The second kappa shape index (κ2) is 5.20. The smallest absolute Gasteiger partial charge is 0.341 e. The summed E-state index contributed by atoms with van der Waals surface area (Å²) in [5.74, 6) is -2.25. The molecule has 0 atom stereocenters. The highest BCUT2D eigenvalue weighted by molar-refractivity contribution is 14.1. The molecular formula is C9H6BrF2IO2. The van der Waals surface area contributed by atoms with Gasteiger partial charge in [0.2, 0.25) is 0 Å². The number of carbonyl (C=O) groups is 1. The van der Waals surface area contributed by atoms with Crippen LogP contribution in [0.3, 0.4) is 0 Å². The topological polar surface area (TPSA) is 26.3 Å². The molecule has 0 bridgehead atoms. The summed E-state index contributed by atoms with van der Waals surface area (Å²) in [5.41, 5.74) is -0.376. The molecule has 0 amide bonds. The van der Waals surface area contributed by atoms with E-state index >= 15 is 0 Å². The summed E-state index contributed by atoms with van der Waals surface area (Å²) in [5, 5.41) is 0.0527. The molecule has 0 saturated heterocycles. The molecule has 0 unspecified atom stereocenters. The van der Waals surface area contributed by atoms with Gasteiger partial charge < -0.3 is 4.74 Å². The van der Waals surface area contributed by atoms with Gasteiger partial charge in [-0.05, 0) is 28.7 Å². The molecule has 6 heteroatoms. The third-order valence-corrected chi connectivity index (χ3v) is 3.14. The van der Waals surface area contributed by atoms with Crippen LogP contribution in [0.1, 0.15) is 15.9 Å². The van der Waals surface area contributed by atoms with Gasteiger partial charge in [-0.1, -0.05) is 15.9 Å². The zero-order chi connectivity index (χ0) is 11.6. The van der Waals surface area contributed by atoms with Crippen molar-refractivity contribution in [3.63, 3.8) is 0 Å². The van der Waals surface area contributed by atoms with E-state index in [0.717, 1.165) is 13.2 Å². The molecule has 1 aromatic carbocycles. The minimum absolute atomic E-state index is 0.0280. The summed E-state index contributed by atoms with van der Waals surface area (Å²) in [6.45, 7) is 0. The highest BCUT2D eigenvalue weighted by atomic mass is 127. The van der Waals surface area contributed by atoms with E-state index in [1.165, 1.54) is 0 Å². The Morgan fingerprint density at radius 1 is 1.60 bits per heavy atom. The van der Waals surface area contributed by atoms with Crippen LogP contribution in [0.15, 0.2) is 6.07 Å².